The van der Waals surface area contributed by atoms with E-state index in [0.717, 1.165) is 31.7 Å². The van der Waals surface area contributed by atoms with E-state index in [9.17, 15) is 4.79 Å². The first kappa shape index (κ1) is 14.8. The summed E-state index contributed by atoms with van der Waals surface area (Å²) < 4.78 is 5.17. The van der Waals surface area contributed by atoms with Crippen LogP contribution in [0.5, 0.6) is 5.75 Å². The van der Waals surface area contributed by atoms with E-state index in [1.807, 2.05) is 12.1 Å². The van der Waals surface area contributed by atoms with E-state index < -0.39 is 5.97 Å². The van der Waals surface area contributed by atoms with Crippen molar-refractivity contribution in [1.29, 1.82) is 0 Å². The molecule has 1 unspecified atom stereocenters. The molecular formula is C15H22N2O3. The van der Waals surface area contributed by atoms with Crippen LogP contribution in [0.4, 0.5) is 0 Å². The Kier molecular flexibility index (Phi) is 4.62. The molecule has 1 heterocycles. The van der Waals surface area contributed by atoms with E-state index >= 15 is 0 Å². The minimum Gasteiger partial charge on any atom is -0.496 e. The van der Waals surface area contributed by atoms with Gasteiger partial charge in [-0.3, -0.25) is 4.90 Å². The third-order valence-corrected chi connectivity index (χ3v) is 3.95. The summed E-state index contributed by atoms with van der Waals surface area (Å²) >= 11 is 0. The van der Waals surface area contributed by atoms with Crippen molar-refractivity contribution in [1.82, 2.24) is 9.80 Å². The van der Waals surface area contributed by atoms with Crippen molar-refractivity contribution in [2.75, 3.05) is 33.8 Å². The molecule has 1 aromatic carbocycles. The summed E-state index contributed by atoms with van der Waals surface area (Å²) in [5.41, 5.74) is 1.30. The Morgan fingerprint density at radius 3 is 2.80 bits per heavy atom. The molecule has 0 bridgehead atoms. The number of carboxylic acid groups (broad SMARTS) is 1. The summed E-state index contributed by atoms with van der Waals surface area (Å²) in [6, 6.07) is 5.86. The number of rotatable bonds is 4. The highest BCUT2D eigenvalue weighted by atomic mass is 16.5. The molecule has 5 nitrogen and oxygen atoms in total. The minimum absolute atomic E-state index is 0.211. The fourth-order valence-electron chi connectivity index (χ4n) is 2.54. The first-order valence-electron chi connectivity index (χ1n) is 6.84. The molecule has 2 rings (SSSR count). The van der Waals surface area contributed by atoms with Gasteiger partial charge in [-0.25, -0.2) is 4.79 Å². The number of benzene rings is 1. The van der Waals surface area contributed by atoms with E-state index in [4.69, 9.17) is 9.84 Å². The van der Waals surface area contributed by atoms with E-state index in [2.05, 4.69) is 23.8 Å². The molecule has 1 aliphatic rings. The highest BCUT2D eigenvalue weighted by Crippen LogP contribution is 2.22. The van der Waals surface area contributed by atoms with Crippen LogP contribution in [0.1, 0.15) is 22.8 Å². The zero-order valence-electron chi connectivity index (χ0n) is 12.3. The molecule has 1 aromatic rings. The lowest BCUT2D eigenvalue weighted by Gasteiger charge is -2.37. The van der Waals surface area contributed by atoms with Crippen molar-refractivity contribution in [2.24, 2.45) is 0 Å². The molecule has 0 spiro atoms. The third-order valence-electron chi connectivity index (χ3n) is 3.95. The first-order valence-corrected chi connectivity index (χ1v) is 6.84. The molecule has 1 atom stereocenters. The SMILES string of the molecule is COc1cc(CN2CCN(C)C(C)C2)ccc1C(=O)O. The molecule has 0 aromatic heterocycles. The van der Waals surface area contributed by atoms with Gasteiger partial charge in [0, 0.05) is 32.2 Å². The number of hydrogen-bond acceptors (Lipinski definition) is 4. The molecule has 1 fully saturated rings. The second-order valence-electron chi connectivity index (χ2n) is 5.40. The smallest absolute Gasteiger partial charge is 0.339 e. The molecule has 110 valence electrons. The van der Waals surface area contributed by atoms with Crippen LogP contribution >= 0.6 is 0 Å². The minimum atomic E-state index is -0.957. The van der Waals surface area contributed by atoms with Crippen LogP contribution in [0.2, 0.25) is 0 Å². The maximum Gasteiger partial charge on any atom is 0.339 e. The monoisotopic (exact) mass is 278 g/mol. The summed E-state index contributed by atoms with van der Waals surface area (Å²) in [6.45, 7) is 6.17. The maximum atomic E-state index is 11.1. The van der Waals surface area contributed by atoms with Gasteiger partial charge in [0.05, 0.1) is 7.11 Å². The highest BCUT2D eigenvalue weighted by Gasteiger charge is 2.21. The summed E-state index contributed by atoms with van der Waals surface area (Å²) in [4.78, 5) is 15.8. The zero-order valence-corrected chi connectivity index (χ0v) is 12.3. The molecule has 0 radical (unpaired) electrons. The van der Waals surface area contributed by atoms with Crippen LogP contribution in [-0.2, 0) is 6.54 Å². The maximum absolute atomic E-state index is 11.1. The van der Waals surface area contributed by atoms with Crippen molar-refractivity contribution in [2.45, 2.75) is 19.5 Å². The Morgan fingerprint density at radius 1 is 1.45 bits per heavy atom. The van der Waals surface area contributed by atoms with E-state index in [1.54, 1.807) is 6.07 Å². The Morgan fingerprint density at radius 2 is 2.20 bits per heavy atom. The zero-order chi connectivity index (χ0) is 14.7. The highest BCUT2D eigenvalue weighted by molar-refractivity contribution is 5.90. The summed E-state index contributed by atoms with van der Waals surface area (Å²) in [5.74, 6) is -0.529. The third kappa shape index (κ3) is 3.29. The quantitative estimate of drug-likeness (QED) is 0.905. The molecule has 5 heteroatoms. The predicted molar refractivity (Wildman–Crippen MR) is 77.3 cm³/mol. The van der Waals surface area contributed by atoms with Gasteiger partial charge in [-0.2, -0.15) is 0 Å². The van der Waals surface area contributed by atoms with Crippen LogP contribution in [0.15, 0.2) is 18.2 Å². The van der Waals surface area contributed by atoms with Crippen LogP contribution < -0.4 is 4.74 Å². The summed E-state index contributed by atoms with van der Waals surface area (Å²) in [7, 11) is 3.65. The lowest BCUT2D eigenvalue weighted by molar-refractivity contribution is 0.0693. The standard InChI is InChI=1S/C15H22N2O3/c1-11-9-17(7-6-16(11)2)10-12-4-5-13(15(18)19)14(8-12)20-3/h4-5,8,11H,6-7,9-10H2,1-3H3,(H,18,19). The first-order chi connectivity index (χ1) is 9.51. The van der Waals surface area contributed by atoms with E-state index in [1.165, 1.54) is 7.11 Å². The normalized spacial score (nSPS) is 20.9. The average molecular weight is 278 g/mol. The molecular weight excluding hydrogens is 256 g/mol. The second kappa shape index (κ2) is 6.24. The molecule has 1 saturated heterocycles. The molecule has 0 saturated carbocycles. The van der Waals surface area contributed by atoms with Gasteiger partial charge in [0.25, 0.3) is 0 Å². The lowest BCUT2D eigenvalue weighted by Crippen LogP contribution is -2.49. The second-order valence-corrected chi connectivity index (χ2v) is 5.40. The number of likely N-dealkylation sites (N-methyl/N-ethyl adjacent to an activating group) is 1. The summed E-state index contributed by atoms with van der Waals surface area (Å²) in [5, 5.41) is 9.08. The van der Waals surface area contributed by atoms with E-state index in [0.29, 0.717) is 11.8 Å². The number of methoxy groups -OCH3 is 1. The molecule has 1 N–H and O–H groups in total. The van der Waals surface area contributed by atoms with Crippen molar-refractivity contribution in [3.05, 3.63) is 29.3 Å². The number of hydrogen-bond donors (Lipinski definition) is 1. The van der Waals surface area contributed by atoms with Gasteiger partial charge in [0.2, 0.25) is 0 Å². The van der Waals surface area contributed by atoms with E-state index in [-0.39, 0.29) is 5.56 Å². The van der Waals surface area contributed by atoms with Crippen molar-refractivity contribution < 1.29 is 14.6 Å². The van der Waals surface area contributed by atoms with Crippen molar-refractivity contribution in [3.8, 4) is 5.75 Å². The van der Waals surface area contributed by atoms with Crippen LogP contribution in [0.3, 0.4) is 0 Å². The van der Waals surface area contributed by atoms with Gasteiger partial charge in [-0.15, -0.1) is 0 Å². The number of aromatic carboxylic acids is 1. The van der Waals surface area contributed by atoms with Gasteiger partial charge in [-0.1, -0.05) is 6.07 Å². The number of carboxylic acids is 1. The molecule has 0 aliphatic carbocycles. The van der Waals surface area contributed by atoms with Gasteiger partial charge in [0.15, 0.2) is 0 Å². The van der Waals surface area contributed by atoms with Gasteiger partial charge in [-0.05, 0) is 31.7 Å². The fraction of sp³-hybridized carbons (Fsp3) is 0.533. The molecule has 1 aliphatic heterocycles. The van der Waals surface area contributed by atoms with Gasteiger partial charge >= 0.3 is 5.97 Å². The van der Waals surface area contributed by atoms with Gasteiger partial charge in [0.1, 0.15) is 11.3 Å². The number of piperazine rings is 1. The topological polar surface area (TPSA) is 53.0 Å². The van der Waals surface area contributed by atoms with Crippen LogP contribution in [0, 0.1) is 0 Å². The molecule has 20 heavy (non-hydrogen) atoms. The Labute approximate surface area is 119 Å². The van der Waals surface area contributed by atoms with Gasteiger partial charge < -0.3 is 14.7 Å². The summed E-state index contributed by atoms with van der Waals surface area (Å²) in [6.07, 6.45) is 0. The average Bonchev–Trinajstić information content (AvgIpc) is 2.42. The Bertz CT molecular complexity index is 490. The molecule has 0 amide bonds. The fourth-order valence-corrected chi connectivity index (χ4v) is 2.54. The number of nitrogens with zero attached hydrogens (tertiary/aromatic N) is 2. The van der Waals surface area contributed by atoms with Crippen molar-refractivity contribution in [3.63, 3.8) is 0 Å². The lowest BCUT2D eigenvalue weighted by atomic mass is 10.1. The van der Waals surface area contributed by atoms with Crippen LogP contribution in [-0.4, -0.2) is 60.7 Å². The van der Waals surface area contributed by atoms with Crippen LogP contribution in [0.25, 0.3) is 0 Å². The predicted octanol–water partition coefficient (Wildman–Crippen LogP) is 1.53. The van der Waals surface area contributed by atoms with Crippen molar-refractivity contribution >= 4 is 5.97 Å². The Balaban J connectivity index is 2.08. The Hall–Kier alpha value is -1.59. The number of carbonyl (C=O) groups is 1. The largest absolute Gasteiger partial charge is 0.496 e. The number of ether oxygens (including phenoxy) is 1.